The van der Waals surface area contributed by atoms with Gasteiger partial charge in [0.2, 0.25) is 0 Å². The second-order valence-corrected chi connectivity index (χ2v) is 4.68. The van der Waals surface area contributed by atoms with Crippen molar-refractivity contribution in [1.29, 1.82) is 0 Å². The highest BCUT2D eigenvalue weighted by molar-refractivity contribution is 5.87. The van der Waals surface area contributed by atoms with E-state index < -0.39 is 5.97 Å². The molecule has 1 aliphatic rings. The number of benzene rings is 1. The highest BCUT2D eigenvalue weighted by Crippen LogP contribution is 2.38. The fourth-order valence-corrected chi connectivity index (χ4v) is 2.40. The van der Waals surface area contributed by atoms with Crippen molar-refractivity contribution in [3.63, 3.8) is 0 Å². The van der Waals surface area contributed by atoms with E-state index in [0.29, 0.717) is 12.0 Å². The molecule has 84 valence electrons. The molecule has 0 heterocycles. The second-order valence-electron chi connectivity index (χ2n) is 4.68. The van der Waals surface area contributed by atoms with E-state index in [-0.39, 0.29) is 5.41 Å². The average Bonchev–Trinajstić information content (AvgIpc) is 2.30. The number of rotatable bonds is 2. The molecular formula is C14H16O2. The zero-order valence-corrected chi connectivity index (χ0v) is 9.44. The van der Waals surface area contributed by atoms with Gasteiger partial charge in [-0.2, -0.15) is 0 Å². The van der Waals surface area contributed by atoms with Crippen LogP contribution in [0.5, 0.6) is 0 Å². The lowest BCUT2D eigenvalue weighted by Crippen LogP contribution is -2.27. The molecule has 0 aliphatic heterocycles. The van der Waals surface area contributed by atoms with Gasteiger partial charge in [-0.15, -0.1) is 0 Å². The summed E-state index contributed by atoms with van der Waals surface area (Å²) in [6, 6.07) is 10.2. The third kappa shape index (κ3) is 2.01. The molecule has 1 aliphatic carbocycles. The van der Waals surface area contributed by atoms with Gasteiger partial charge in [0.15, 0.2) is 0 Å². The Morgan fingerprint density at radius 3 is 2.62 bits per heavy atom. The highest BCUT2D eigenvalue weighted by Gasteiger charge is 2.31. The smallest absolute Gasteiger partial charge is 0.331 e. The van der Waals surface area contributed by atoms with Gasteiger partial charge in [-0.05, 0) is 30.2 Å². The minimum atomic E-state index is -0.776. The van der Waals surface area contributed by atoms with Crippen molar-refractivity contribution in [2.24, 2.45) is 0 Å². The molecule has 0 radical (unpaired) electrons. The Labute approximate surface area is 95.6 Å². The molecule has 2 rings (SSSR count). The number of allylic oxidation sites excluding steroid dienone is 1. The highest BCUT2D eigenvalue weighted by atomic mass is 16.4. The predicted octanol–water partition coefficient (Wildman–Crippen LogP) is 3.14. The molecule has 2 nitrogen and oxygen atoms in total. The van der Waals surface area contributed by atoms with Gasteiger partial charge in [-0.1, -0.05) is 43.3 Å². The first-order valence-corrected chi connectivity index (χ1v) is 5.60. The van der Waals surface area contributed by atoms with Crippen LogP contribution in [0.4, 0.5) is 0 Å². The van der Waals surface area contributed by atoms with Gasteiger partial charge < -0.3 is 5.11 Å². The average molecular weight is 216 g/mol. The minimum Gasteiger partial charge on any atom is -0.478 e. The Hall–Kier alpha value is -1.57. The number of carboxylic acid groups (broad SMARTS) is 1. The molecule has 0 unspecified atom stereocenters. The molecule has 0 saturated carbocycles. The van der Waals surface area contributed by atoms with Crippen LogP contribution >= 0.6 is 0 Å². The first-order chi connectivity index (χ1) is 7.62. The summed E-state index contributed by atoms with van der Waals surface area (Å²) in [5.74, 6) is -0.776. The van der Waals surface area contributed by atoms with Gasteiger partial charge in [0.05, 0.1) is 0 Å². The van der Waals surface area contributed by atoms with Crippen LogP contribution in [0.1, 0.15) is 31.7 Å². The molecule has 16 heavy (non-hydrogen) atoms. The van der Waals surface area contributed by atoms with Crippen LogP contribution in [0.2, 0.25) is 0 Å². The maximum atomic E-state index is 11.0. The van der Waals surface area contributed by atoms with Crippen LogP contribution in [0.3, 0.4) is 0 Å². The zero-order valence-electron chi connectivity index (χ0n) is 9.44. The monoisotopic (exact) mass is 216 g/mol. The van der Waals surface area contributed by atoms with E-state index in [0.717, 1.165) is 12.8 Å². The van der Waals surface area contributed by atoms with Crippen LogP contribution < -0.4 is 0 Å². The number of hydrogen-bond acceptors (Lipinski definition) is 1. The van der Waals surface area contributed by atoms with E-state index in [2.05, 4.69) is 19.1 Å². The van der Waals surface area contributed by atoms with Gasteiger partial charge >= 0.3 is 5.97 Å². The van der Waals surface area contributed by atoms with Gasteiger partial charge in [-0.25, -0.2) is 4.79 Å². The van der Waals surface area contributed by atoms with Crippen molar-refractivity contribution in [3.8, 4) is 0 Å². The summed E-state index contributed by atoms with van der Waals surface area (Å²) >= 11 is 0. The van der Waals surface area contributed by atoms with Crippen LogP contribution in [0.25, 0.3) is 0 Å². The SMILES string of the molecule is C[C@]1(c2ccccc2)CCC=C(C(=O)O)C1. The maximum absolute atomic E-state index is 11.0. The molecule has 0 bridgehead atoms. The third-order valence-electron chi connectivity index (χ3n) is 3.41. The molecule has 0 fully saturated rings. The molecule has 1 aromatic rings. The van der Waals surface area contributed by atoms with Crippen molar-refractivity contribution in [2.75, 3.05) is 0 Å². The molecule has 1 atom stereocenters. The van der Waals surface area contributed by atoms with E-state index in [1.807, 2.05) is 24.3 Å². The van der Waals surface area contributed by atoms with E-state index in [4.69, 9.17) is 5.11 Å². The third-order valence-corrected chi connectivity index (χ3v) is 3.41. The number of carboxylic acids is 1. The van der Waals surface area contributed by atoms with Crippen LogP contribution in [0.15, 0.2) is 42.0 Å². The quantitative estimate of drug-likeness (QED) is 0.824. The Kier molecular flexibility index (Phi) is 2.82. The molecule has 2 heteroatoms. The minimum absolute atomic E-state index is 0.0241. The summed E-state index contributed by atoms with van der Waals surface area (Å²) in [6.45, 7) is 2.15. The molecule has 0 aromatic heterocycles. The molecular weight excluding hydrogens is 200 g/mol. The molecule has 0 amide bonds. The lowest BCUT2D eigenvalue weighted by atomic mass is 9.71. The van der Waals surface area contributed by atoms with Crippen LogP contribution in [-0.4, -0.2) is 11.1 Å². The summed E-state index contributed by atoms with van der Waals surface area (Å²) < 4.78 is 0. The van der Waals surface area contributed by atoms with Crippen LogP contribution in [-0.2, 0) is 10.2 Å². The Bertz CT molecular complexity index is 420. The first-order valence-electron chi connectivity index (χ1n) is 5.60. The lowest BCUT2D eigenvalue weighted by Gasteiger charge is -2.33. The summed E-state index contributed by atoms with van der Waals surface area (Å²) in [5.41, 5.74) is 1.77. The van der Waals surface area contributed by atoms with Gasteiger partial charge in [0, 0.05) is 5.57 Å². The standard InChI is InChI=1S/C14H16O2/c1-14(12-7-3-2-4-8-12)9-5-6-11(10-14)13(15)16/h2-4,6-8H,5,9-10H2,1H3,(H,15,16)/t14-/m0/s1. The first kappa shape index (κ1) is 10.9. The molecule has 1 aromatic carbocycles. The largest absolute Gasteiger partial charge is 0.478 e. The lowest BCUT2D eigenvalue weighted by molar-refractivity contribution is -0.133. The molecule has 0 spiro atoms. The van der Waals surface area contributed by atoms with Gasteiger partial charge in [0.1, 0.15) is 0 Å². The van der Waals surface area contributed by atoms with Crippen molar-refractivity contribution >= 4 is 5.97 Å². The number of hydrogen-bond donors (Lipinski definition) is 1. The Balaban J connectivity index is 2.28. The molecule has 1 N–H and O–H groups in total. The second kappa shape index (κ2) is 4.12. The Morgan fingerprint density at radius 1 is 1.31 bits per heavy atom. The van der Waals surface area contributed by atoms with Crippen molar-refractivity contribution < 1.29 is 9.90 Å². The fraction of sp³-hybridized carbons (Fsp3) is 0.357. The normalized spacial score (nSPS) is 24.9. The summed E-state index contributed by atoms with van der Waals surface area (Å²) in [4.78, 5) is 11.0. The number of carbonyl (C=O) groups is 1. The molecule has 0 saturated heterocycles. The Morgan fingerprint density at radius 2 is 2.00 bits per heavy atom. The summed E-state index contributed by atoms with van der Waals surface area (Å²) in [5, 5.41) is 9.05. The van der Waals surface area contributed by atoms with E-state index >= 15 is 0 Å². The topological polar surface area (TPSA) is 37.3 Å². The maximum Gasteiger partial charge on any atom is 0.331 e. The predicted molar refractivity (Wildman–Crippen MR) is 63.4 cm³/mol. The van der Waals surface area contributed by atoms with Crippen molar-refractivity contribution in [2.45, 2.75) is 31.6 Å². The van der Waals surface area contributed by atoms with Crippen molar-refractivity contribution in [3.05, 3.63) is 47.5 Å². The van der Waals surface area contributed by atoms with E-state index in [9.17, 15) is 4.79 Å². The van der Waals surface area contributed by atoms with Gasteiger partial charge in [-0.3, -0.25) is 0 Å². The summed E-state index contributed by atoms with van der Waals surface area (Å²) in [7, 11) is 0. The van der Waals surface area contributed by atoms with Crippen molar-refractivity contribution in [1.82, 2.24) is 0 Å². The zero-order chi connectivity index (χ0) is 11.6. The van der Waals surface area contributed by atoms with Crippen LogP contribution in [0, 0.1) is 0 Å². The van der Waals surface area contributed by atoms with E-state index in [1.54, 1.807) is 0 Å². The van der Waals surface area contributed by atoms with E-state index in [1.165, 1.54) is 5.56 Å². The van der Waals surface area contributed by atoms with Gasteiger partial charge in [0.25, 0.3) is 0 Å². The summed E-state index contributed by atoms with van der Waals surface area (Å²) in [6.07, 6.45) is 4.36. The fourth-order valence-electron chi connectivity index (χ4n) is 2.40. The number of aliphatic carboxylic acids is 1.